The zero-order valence-electron chi connectivity index (χ0n) is 18.3. The van der Waals surface area contributed by atoms with Crippen LogP contribution in [0, 0.1) is 0 Å². The molecule has 0 aliphatic carbocycles. The Labute approximate surface area is 196 Å². The lowest BCUT2D eigenvalue weighted by Gasteiger charge is -2.33. The first-order chi connectivity index (χ1) is 16.2. The Kier molecular flexibility index (Phi) is 6.39. The molecule has 0 unspecified atom stereocenters. The summed E-state index contributed by atoms with van der Waals surface area (Å²) in [5.41, 5.74) is 1.83. The molecule has 1 fully saturated rings. The topological polar surface area (TPSA) is 80.7 Å². The van der Waals surface area contributed by atoms with E-state index in [1.807, 2.05) is 48.5 Å². The lowest BCUT2D eigenvalue weighted by molar-refractivity contribution is 0.106. The van der Waals surface area contributed by atoms with E-state index >= 15 is 0 Å². The molecule has 0 bridgehead atoms. The van der Waals surface area contributed by atoms with Crippen molar-refractivity contribution in [2.24, 2.45) is 0 Å². The van der Waals surface area contributed by atoms with Gasteiger partial charge in [0.15, 0.2) is 5.76 Å². The van der Waals surface area contributed by atoms with Gasteiger partial charge in [0.25, 0.3) is 0 Å². The molecule has 3 heterocycles. The molecule has 170 valence electrons. The van der Waals surface area contributed by atoms with Gasteiger partial charge in [0.05, 0.1) is 26.4 Å². The highest BCUT2D eigenvalue weighted by Crippen LogP contribution is 2.24. The average Bonchev–Trinajstić information content (AvgIpc) is 3.50. The Morgan fingerprint density at radius 3 is 2.36 bits per heavy atom. The number of aromatic nitrogens is 3. The van der Waals surface area contributed by atoms with Gasteiger partial charge in [0.1, 0.15) is 5.75 Å². The van der Waals surface area contributed by atoms with Gasteiger partial charge in [-0.2, -0.15) is 4.98 Å². The summed E-state index contributed by atoms with van der Waals surface area (Å²) in [4.78, 5) is 13.6. The van der Waals surface area contributed by atoms with Gasteiger partial charge in [-0.05, 0) is 36.4 Å². The van der Waals surface area contributed by atoms with Crippen molar-refractivity contribution in [1.29, 1.82) is 0 Å². The van der Waals surface area contributed by atoms with Crippen molar-refractivity contribution in [1.82, 2.24) is 24.9 Å². The first-order valence-electron chi connectivity index (χ1n) is 10.8. The van der Waals surface area contributed by atoms with E-state index < -0.39 is 0 Å². The number of benzene rings is 2. The van der Waals surface area contributed by atoms with Gasteiger partial charge in [-0.1, -0.05) is 28.9 Å². The van der Waals surface area contributed by atoms with E-state index in [1.54, 1.807) is 13.3 Å². The number of nitrogens with zero attached hydrogens (tertiary/aromatic N) is 5. The molecule has 1 aliphatic heterocycles. The quantitative estimate of drug-likeness (QED) is 0.398. The molecular weight excluding hydrogens is 442 g/mol. The molecule has 2 aromatic carbocycles. The van der Waals surface area contributed by atoms with Gasteiger partial charge in [-0.25, -0.2) is 4.98 Å². The molecule has 33 heavy (non-hydrogen) atoms. The Bertz CT molecular complexity index is 1200. The standard InChI is InChI=1S/C24H24ClN5O3/c1-31-20-7-5-17(6-8-20)24-27-23(33-28-24)16-30-11-9-29(10-12-30)15-22-26-14-21(32-22)18-3-2-4-19(25)13-18/h2-8,13-14H,9-12,15-16H2,1H3. The second kappa shape index (κ2) is 9.74. The largest absolute Gasteiger partial charge is 0.497 e. The van der Waals surface area contributed by atoms with E-state index in [0.717, 1.165) is 48.8 Å². The van der Waals surface area contributed by atoms with Crippen molar-refractivity contribution in [3.63, 3.8) is 0 Å². The molecule has 1 aliphatic rings. The maximum absolute atomic E-state index is 6.08. The lowest BCUT2D eigenvalue weighted by Crippen LogP contribution is -2.45. The Morgan fingerprint density at radius 2 is 1.67 bits per heavy atom. The minimum Gasteiger partial charge on any atom is -0.497 e. The molecule has 0 amide bonds. The average molecular weight is 466 g/mol. The number of piperazine rings is 1. The molecule has 9 heteroatoms. The normalized spacial score (nSPS) is 15.1. The maximum Gasteiger partial charge on any atom is 0.241 e. The summed E-state index contributed by atoms with van der Waals surface area (Å²) in [5.74, 6) is 3.44. The van der Waals surface area contributed by atoms with E-state index in [1.165, 1.54) is 0 Å². The van der Waals surface area contributed by atoms with Crippen molar-refractivity contribution < 1.29 is 13.7 Å². The van der Waals surface area contributed by atoms with Crippen LogP contribution in [-0.4, -0.2) is 58.2 Å². The molecule has 0 N–H and O–H groups in total. The molecule has 0 atom stereocenters. The summed E-state index contributed by atoms with van der Waals surface area (Å²) in [6.45, 7) is 4.94. The fourth-order valence-electron chi connectivity index (χ4n) is 3.82. The van der Waals surface area contributed by atoms with Crippen LogP contribution in [-0.2, 0) is 13.1 Å². The minimum atomic E-state index is 0.589. The molecule has 4 aromatic rings. The SMILES string of the molecule is COc1ccc(-c2noc(CN3CCN(Cc4ncc(-c5cccc(Cl)c5)o4)CC3)n2)cc1. The van der Waals surface area contributed by atoms with Gasteiger partial charge in [0, 0.05) is 42.3 Å². The van der Waals surface area contributed by atoms with Gasteiger partial charge < -0.3 is 13.7 Å². The summed E-state index contributed by atoms with van der Waals surface area (Å²) < 4.78 is 16.6. The molecule has 0 radical (unpaired) electrons. The third kappa shape index (κ3) is 5.24. The predicted molar refractivity (Wildman–Crippen MR) is 124 cm³/mol. The number of oxazole rings is 1. The molecule has 0 spiro atoms. The zero-order chi connectivity index (χ0) is 22.6. The van der Waals surface area contributed by atoms with E-state index in [4.69, 9.17) is 25.3 Å². The van der Waals surface area contributed by atoms with Crippen LogP contribution in [0.2, 0.25) is 5.02 Å². The number of halogens is 1. The molecular formula is C24H24ClN5O3. The van der Waals surface area contributed by atoms with Gasteiger partial charge in [-0.15, -0.1) is 0 Å². The summed E-state index contributed by atoms with van der Waals surface area (Å²) >= 11 is 6.08. The second-order valence-corrected chi connectivity index (χ2v) is 8.36. The second-order valence-electron chi connectivity index (χ2n) is 7.92. The van der Waals surface area contributed by atoms with Gasteiger partial charge in [-0.3, -0.25) is 9.80 Å². The van der Waals surface area contributed by atoms with Crippen LogP contribution in [0.1, 0.15) is 11.8 Å². The fraction of sp³-hybridized carbons (Fsp3) is 0.292. The van der Waals surface area contributed by atoms with Crippen LogP contribution in [0.15, 0.2) is 63.7 Å². The highest BCUT2D eigenvalue weighted by Gasteiger charge is 2.21. The summed E-state index contributed by atoms with van der Waals surface area (Å²) in [7, 11) is 1.64. The number of ether oxygens (including phenoxy) is 1. The first kappa shape index (κ1) is 21.6. The van der Waals surface area contributed by atoms with Gasteiger partial charge >= 0.3 is 0 Å². The van der Waals surface area contributed by atoms with Crippen molar-refractivity contribution in [2.75, 3.05) is 33.3 Å². The van der Waals surface area contributed by atoms with Crippen LogP contribution in [0.25, 0.3) is 22.7 Å². The monoisotopic (exact) mass is 465 g/mol. The van der Waals surface area contributed by atoms with Crippen molar-refractivity contribution in [3.05, 3.63) is 71.5 Å². The number of hydrogen-bond acceptors (Lipinski definition) is 8. The van der Waals surface area contributed by atoms with Crippen LogP contribution in [0.3, 0.4) is 0 Å². The molecule has 8 nitrogen and oxygen atoms in total. The minimum absolute atomic E-state index is 0.589. The number of rotatable bonds is 7. The van der Waals surface area contributed by atoms with Crippen LogP contribution in [0.5, 0.6) is 5.75 Å². The van der Waals surface area contributed by atoms with E-state index in [-0.39, 0.29) is 0 Å². The summed E-state index contributed by atoms with van der Waals surface area (Å²) in [6.07, 6.45) is 1.76. The predicted octanol–water partition coefficient (Wildman–Crippen LogP) is 4.37. The lowest BCUT2D eigenvalue weighted by atomic mass is 10.2. The summed E-state index contributed by atoms with van der Waals surface area (Å²) in [5, 5.41) is 4.80. The molecule has 1 saturated heterocycles. The van der Waals surface area contributed by atoms with E-state index in [0.29, 0.717) is 35.7 Å². The number of methoxy groups -OCH3 is 1. The fourth-order valence-corrected chi connectivity index (χ4v) is 4.01. The Balaban J connectivity index is 1.12. The molecule has 2 aromatic heterocycles. The van der Waals surface area contributed by atoms with Crippen molar-refractivity contribution in [2.45, 2.75) is 13.1 Å². The highest BCUT2D eigenvalue weighted by molar-refractivity contribution is 6.30. The maximum atomic E-state index is 6.08. The highest BCUT2D eigenvalue weighted by atomic mass is 35.5. The Morgan fingerprint density at radius 1 is 0.939 bits per heavy atom. The zero-order valence-corrected chi connectivity index (χ0v) is 19.0. The van der Waals surface area contributed by atoms with Crippen molar-refractivity contribution in [3.8, 4) is 28.5 Å². The molecule has 5 rings (SSSR count). The third-order valence-electron chi connectivity index (χ3n) is 5.66. The third-order valence-corrected chi connectivity index (χ3v) is 5.90. The van der Waals surface area contributed by atoms with E-state index in [9.17, 15) is 0 Å². The smallest absolute Gasteiger partial charge is 0.241 e. The summed E-state index contributed by atoms with van der Waals surface area (Å²) in [6, 6.07) is 15.2. The van der Waals surface area contributed by atoms with Crippen LogP contribution >= 0.6 is 11.6 Å². The number of hydrogen-bond donors (Lipinski definition) is 0. The van der Waals surface area contributed by atoms with Crippen LogP contribution < -0.4 is 4.74 Å². The van der Waals surface area contributed by atoms with Crippen LogP contribution in [0.4, 0.5) is 0 Å². The molecule has 0 saturated carbocycles. The van der Waals surface area contributed by atoms with Crippen molar-refractivity contribution >= 4 is 11.6 Å². The van der Waals surface area contributed by atoms with E-state index in [2.05, 4.69) is 24.9 Å². The Hall–Kier alpha value is -3.20. The van der Waals surface area contributed by atoms with Gasteiger partial charge in [0.2, 0.25) is 17.6 Å². The first-order valence-corrected chi connectivity index (χ1v) is 11.2.